The quantitative estimate of drug-likeness (QED) is 0.152. The van der Waals surface area contributed by atoms with Crippen molar-refractivity contribution < 1.29 is 24.0 Å². The lowest BCUT2D eigenvalue weighted by Gasteiger charge is -2.24. The second-order valence-electron chi connectivity index (χ2n) is 10.9. The molecule has 0 heterocycles. The van der Waals surface area contributed by atoms with E-state index in [0.717, 1.165) is 22.3 Å². The highest BCUT2D eigenvalue weighted by Gasteiger charge is 2.29. The first-order valence-corrected chi connectivity index (χ1v) is 16.3. The summed E-state index contributed by atoms with van der Waals surface area (Å²) in [4.78, 5) is 27.2. The minimum absolute atomic E-state index is 0.0499. The van der Waals surface area contributed by atoms with Crippen LogP contribution in [-0.2, 0) is 33.2 Å². The number of nitrogens with one attached hydrogen (secondary N) is 2. The van der Waals surface area contributed by atoms with Crippen molar-refractivity contribution in [3.63, 3.8) is 0 Å². The number of hydrogen-bond donors (Lipinski definition) is 4. The van der Waals surface area contributed by atoms with E-state index in [2.05, 4.69) is 10.6 Å². The fourth-order valence-electron chi connectivity index (χ4n) is 5.19. The van der Waals surface area contributed by atoms with E-state index in [9.17, 15) is 24.0 Å². The Morgan fingerprint density at radius 1 is 0.545 bits per heavy atom. The molecule has 4 rings (SSSR count). The van der Waals surface area contributed by atoms with Gasteiger partial charge in [0.1, 0.15) is 0 Å². The third-order valence-electron chi connectivity index (χ3n) is 7.57. The van der Waals surface area contributed by atoms with Crippen molar-refractivity contribution in [2.24, 2.45) is 11.8 Å². The lowest BCUT2D eigenvalue weighted by molar-refractivity contribution is -0.126. The van der Waals surface area contributed by atoms with Crippen LogP contribution in [0.3, 0.4) is 0 Å². The number of benzene rings is 4. The summed E-state index contributed by atoms with van der Waals surface area (Å²) in [6.07, 6.45) is 0.725. The van der Waals surface area contributed by atoms with Gasteiger partial charge in [0.05, 0.1) is 37.1 Å². The number of amides is 2. The third kappa shape index (κ3) is 9.98. The van der Waals surface area contributed by atoms with Crippen LogP contribution in [-0.4, -0.2) is 51.0 Å². The van der Waals surface area contributed by atoms with E-state index in [1.807, 2.05) is 121 Å². The summed E-state index contributed by atoms with van der Waals surface area (Å²) in [7, 11) is -1.54. The molecule has 0 saturated heterocycles. The van der Waals surface area contributed by atoms with Crippen LogP contribution in [0.25, 0.3) is 0 Å². The molecule has 0 radical (unpaired) electrons. The van der Waals surface area contributed by atoms with Crippen molar-refractivity contribution in [1.29, 1.82) is 0 Å². The SMILES string of the molecule is O=C(N[C@H](CO)c1ccccc1)[C@@H](Cc1ccccc1)CS(=O)C[C@H](Cc1ccccc1)C(=O)N[C@H](CO)c1ccccc1. The first-order chi connectivity index (χ1) is 21.5. The molecular weight excluding hydrogens is 572 g/mol. The van der Waals surface area contributed by atoms with Gasteiger partial charge in [-0.3, -0.25) is 13.8 Å². The van der Waals surface area contributed by atoms with Gasteiger partial charge in [-0.1, -0.05) is 121 Å². The molecule has 0 aliphatic heterocycles. The molecule has 7 nitrogen and oxygen atoms in total. The molecular formula is C36H40N2O5S. The Bertz CT molecular complexity index is 1340. The van der Waals surface area contributed by atoms with Crippen molar-refractivity contribution in [2.75, 3.05) is 24.7 Å². The molecule has 4 atom stereocenters. The summed E-state index contributed by atoms with van der Waals surface area (Å²) in [6.45, 7) is -0.548. The predicted molar refractivity (Wildman–Crippen MR) is 174 cm³/mol. The molecule has 44 heavy (non-hydrogen) atoms. The fourth-order valence-corrected chi connectivity index (χ4v) is 6.76. The second kappa shape index (κ2) is 17.3. The van der Waals surface area contributed by atoms with Crippen molar-refractivity contribution >= 4 is 22.6 Å². The van der Waals surface area contributed by atoms with Crippen LogP contribution in [0.4, 0.5) is 0 Å². The lowest BCUT2D eigenvalue weighted by atomic mass is 9.99. The van der Waals surface area contributed by atoms with Crippen LogP contribution in [0.15, 0.2) is 121 Å². The van der Waals surface area contributed by atoms with Crippen molar-refractivity contribution in [2.45, 2.75) is 24.9 Å². The van der Waals surface area contributed by atoms with Gasteiger partial charge in [-0.25, -0.2) is 0 Å². The maximum Gasteiger partial charge on any atom is 0.224 e. The van der Waals surface area contributed by atoms with Gasteiger partial charge in [0.2, 0.25) is 11.8 Å². The Hall–Kier alpha value is -4.11. The molecule has 4 aromatic rings. The van der Waals surface area contributed by atoms with Gasteiger partial charge in [0, 0.05) is 22.3 Å². The summed E-state index contributed by atoms with van der Waals surface area (Å²) in [5, 5.41) is 26.0. The van der Waals surface area contributed by atoms with Gasteiger partial charge in [-0.15, -0.1) is 0 Å². The minimum Gasteiger partial charge on any atom is -0.394 e. The monoisotopic (exact) mass is 612 g/mol. The molecule has 4 aromatic carbocycles. The van der Waals surface area contributed by atoms with Crippen LogP contribution in [0.1, 0.15) is 34.3 Å². The van der Waals surface area contributed by atoms with Gasteiger partial charge in [-0.2, -0.15) is 0 Å². The molecule has 0 aliphatic rings. The molecule has 0 bridgehead atoms. The fraction of sp³-hybridized carbons (Fsp3) is 0.278. The maximum absolute atomic E-state index is 13.8. The third-order valence-corrected chi connectivity index (χ3v) is 9.12. The predicted octanol–water partition coefficient (Wildman–Crippen LogP) is 4.15. The molecule has 0 saturated carbocycles. The standard InChI is InChI=1S/C36H40N2O5S/c39-23-33(29-17-9-3-10-18-29)37-35(41)31(21-27-13-5-1-6-14-27)25-44(43)26-32(22-28-15-7-2-8-16-28)36(42)38-34(24-40)30-19-11-4-12-20-30/h1-20,31-34,39-40H,21-26H2,(H,37,41)(H,38,42)/t31-,32-,33+,34+/m0/s1. The number of carbonyl (C=O) groups is 2. The Kier molecular flexibility index (Phi) is 12.9. The van der Waals surface area contributed by atoms with E-state index in [1.165, 1.54) is 0 Å². The summed E-state index contributed by atoms with van der Waals surface area (Å²) in [6, 6.07) is 36.4. The molecule has 8 heteroatoms. The normalized spacial score (nSPS) is 13.9. The number of rotatable bonds is 16. The van der Waals surface area contributed by atoms with E-state index in [0.29, 0.717) is 12.8 Å². The van der Waals surface area contributed by atoms with E-state index in [-0.39, 0.29) is 36.5 Å². The minimum atomic E-state index is -1.54. The lowest BCUT2D eigenvalue weighted by Crippen LogP contribution is -2.41. The van der Waals surface area contributed by atoms with Crippen LogP contribution < -0.4 is 10.6 Å². The van der Waals surface area contributed by atoms with Gasteiger partial charge < -0.3 is 20.8 Å². The zero-order chi connectivity index (χ0) is 31.1. The largest absolute Gasteiger partial charge is 0.394 e. The van der Waals surface area contributed by atoms with E-state index in [1.54, 1.807) is 0 Å². The molecule has 2 amide bonds. The van der Waals surface area contributed by atoms with Gasteiger partial charge in [0.25, 0.3) is 0 Å². The Morgan fingerprint density at radius 2 is 0.864 bits per heavy atom. The highest BCUT2D eigenvalue weighted by Crippen LogP contribution is 2.19. The zero-order valence-corrected chi connectivity index (χ0v) is 25.4. The summed E-state index contributed by atoms with van der Waals surface area (Å²) < 4.78 is 13.8. The Labute approximate surface area is 261 Å². The first-order valence-electron chi connectivity index (χ1n) is 14.8. The summed E-state index contributed by atoms with van der Waals surface area (Å²) >= 11 is 0. The first kappa shape index (κ1) is 32.8. The zero-order valence-electron chi connectivity index (χ0n) is 24.6. The van der Waals surface area contributed by atoms with Gasteiger partial charge >= 0.3 is 0 Å². The van der Waals surface area contributed by atoms with Crippen LogP contribution in [0, 0.1) is 11.8 Å². The topological polar surface area (TPSA) is 116 Å². The Balaban J connectivity index is 1.51. The molecule has 0 aliphatic carbocycles. The highest BCUT2D eigenvalue weighted by atomic mass is 32.2. The average molecular weight is 613 g/mol. The molecule has 0 spiro atoms. The second-order valence-corrected chi connectivity index (χ2v) is 12.4. The smallest absolute Gasteiger partial charge is 0.224 e. The van der Waals surface area contributed by atoms with Crippen LogP contribution in [0.5, 0.6) is 0 Å². The molecule has 230 valence electrons. The van der Waals surface area contributed by atoms with Crippen LogP contribution in [0.2, 0.25) is 0 Å². The van der Waals surface area contributed by atoms with E-state index < -0.39 is 34.7 Å². The van der Waals surface area contributed by atoms with Crippen molar-refractivity contribution in [1.82, 2.24) is 10.6 Å². The number of carbonyl (C=O) groups excluding carboxylic acids is 2. The average Bonchev–Trinajstić information content (AvgIpc) is 3.07. The summed E-state index contributed by atoms with van der Waals surface area (Å²) in [5.41, 5.74) is 3.41. The summed E-state index contributed by atoms with van der Waals surface area (Å²) in [5.74, 6) is -1.81. The Morgan fingerprint density at radius 3 is 1.18 bits per heavy atom. The molecule has 0 aromatic heterocycles. The highest BCUT2D eigenvalue weighted by molar-refractivity contribution is 7.85. The van der Waals surface area contributed by atoms with E-state index >= 15 is 0 Å². The molecule has 0 fully saturated rings. The number of aliphatic hydroxyl groups excluding tert-OH is 2. The number of aliphatic hydroxyl groups is 2. The van der Waals surface area contributed by atoms with Crippen molar-refractivity contribution in [3.8, 4) is 0 Å². The van der Waals surface area contributed by atoms with Crippen LogP contribution >= 0.6 is 0 Å². The maximum atomic E-state index is 13.8. The van der Waals surface area contributed by atoms with Gasteiger partial charge in [0.15, 0.2) is 0 Å². The molecule has 0 unspecified atom stereocenters. The van der Waals surface area contributed by atoms with E-state index in [4.69, 9.17) is 0 Å². The molecule has 4 N–H and O–H groups in total. The van der Waals surface area contributed by atoms with Crippen molar-refractivity contribution in [3.05, 3.63) is 144 Å². The number of hydrogen-bond acceptors (Lipinski definition) is 5. The van der Waals surface area contributed by atoms with Gasteiger partial charge in [-0.05, 0) is 35.1 Å².